The normalized spacial score (nSPS) is 24.6. The number of aliphatic carboxylic acids is 3. The van der Waals surface area contributed by atoms with Crippen LogP contribution >= 0.6 is 12.2 Å². The van der Waals surface area contributed by atoms with Crippen molar-refractivity contribution in [1.82, 2.24) is 10.2 Å². The Kier molecular flexibility index (Phi) is 5.44. The van der Waals surface area contributed by atoms with Crippen LogP contribution in [0.15, 0.2) is 0 Å². The molecule has 0 saturated carbocycles. The molecule has 1 aliphatic rings. The highest BCUT2D eigenvalue weighted by Crippen LogP contribution is 2.26. The molecule has 0 aliphatic carbocycles. The second kappa shape index (κ2) is 6.68. The number of carbonyl (C=O) groups is 3. The molecule has 9 nitrogen and oxygen atoms in total. The van der Waals surface area contributed by atoms with Crippen LogP contribution in [0, 0.1) is 0 Å². The van der Waals surface area contributed by atoms with E-state index >= 15 is 0 Å². The van der Waals surface area contributed by atoms with Gasteiger partial charge in [-0.2, -0.15) is 0 Å². The fourth-order valence-electron chi connectivity index (χ4n) is 2.06. The summed E-state index contributed by atoms with van der Waals surface area (Å²) in [7, 11) is 0. The van der Waals surface area contributed by atoms with Gasteiger partial charge in [-0.3, -0.25) is 9.59 Å². The Morgan fingerprint density at radius 1 is 1.33 bits per heavy atom. The summed E-state index contributed by atoms with van der Waals surface area (Å²) in [5, 5.41) is 29.5. The van der Waals surface area contributed by atoms with Crippen molar-refractivity contribution in [2.45, 2.75) is 30.8 Å². The summed E-state index contributed by atoms with van der Waals surface area (Å²) in [6.45, 7) is 0.0304. The fraction of sp³-hybridized carbons (Fsp3) is 0.636. The van der Waals surface area contributed by atoms with E-state index in [2.05, 4.69) is 5.32 Å². The van der Waals surface area contributed by atoms with Crippen LogP contribution < -0.4 is 11.1 Å². The highest BCUT2D eigenvalue weighted by Gasteiger charge is 2.50. The Labute approximate surface area is 125 Å². The van der Waals surface area contributed by atoms with Gasteiger partial charge in [-0.25, -0.2) is 4.79 Å². The van der Waals surface area contributed by atoms with Crippen LogP contribution in [0.2, 0.25) is 0 Å². The summed E-state index contributed by atoms with van der Waals surface area (Å²) in [6, 6.07) is -1.12. The monoisotopic (exact) mass is 319 g/mol. The first-order valence-electron chi connectivity index (χ1n) is 6.19. The highest BCUT2D eigenvalue weighted by atomic mass is 32.1. The van der Waals surface area contributed by atoms with Crippen molar-refractivity contribution in [3.05, 3.63) is 0 Å². The summed E-state index contributed by atoms with van der Waals surface area (Å²) < 4.78 is 0. The van der Waals surface area contributed by atoms with Gasteiger partial charge in [-0.15, -0.1) is 0 Å². The molecule has 0 bridgehead atoms. The molecule has 0 aromatic carbocycles. The molecule has 10 heteroatoms. The first-order chi connectivity index (χ1) is 9.67. The minimum absolute atomic E-state index is 0.0477. The predicted molar refractivity (Wildman–Crippen MR) is 74.8 cm³/mol. The van der Waals surface area contributed by atoms with Gasteiger partial charge in [0.2, 0.25) is 0 Å². The van der Waals surface area contributed by atoms with Gasteiger partial charge in [0.15, 0.2) is 5.11 Å². The molecule has 0 aromatic heterocycles. The maximum atomic E-state index is 11.2. The van der Waals surface area contributed by atoms with Gasteiger partial charge < -0.3 is 31.3 Å². The number of nitrogens with two attached hydrogens (primary N) is 1. The number of thiocarbonyl (C=S) groups is 1. The lowest BCUT2D eigenvalue weighted by Crippen LogP contribution is -2.52. The van der Waals surface area contributed by atoms with Gasteiger partial charge in [0.25, 0.3) is 0 Å². The van der Waals surface area contributed by atoms with E-state index in [0.717, 1.165) is 0 Å². The number of carboxylic acids is 3. The Hall–Kier alpha value is -1.94. The van der Waals surface area contributed by atoms with Gasteiger partial charge in [0.05, 0.1) is 0 Å². The SMILES string of the molecule is N[C@@]1(C(=O)O)C[C@H](C(=O)O)N(C(=S)NCCCC(=O)O)C1. The Balaban J connectivity index is 2.66. The third kappa shape index (κ3) is 4.26. The molecule has 0 radical (unpaired) electrons. The quantitative estimate of drug-likeness (QED) is 0.294. The van der Waals surface area contributed by atoms with E-state index in [0.29, 0.717) is 6.42 Å². The van der Waals surface area contributed by atoms with Crippen LogP contribution in [0.1, 0.15) is 19.3 Å². The second-order valence-electron chi connectivity index (χ2n) is 4.88. The Morgan fingerprint density at radius 3 is 2.43 bits per heavy atom. The maximum Gasteiger partial charge on any atom is 0.326 e. The number of rotatable bonds is 6. The minimum Gasteiger partial charge on any atom is -0.481 e. The molecule has 2 atom stereocenters. The average Bonchev–Trinajstić information content (AvgIpc) is 2.74. The van der Waals surface area contributed by atoms with Crippen LogP contribution in [-0.4, -0.2) is 67.9 Å². The molecule has 0 amide bonds. The number of nitrogens with one attached hydrogen (secondary N) is 1. The van der Waals surface area contributed by atoms with Gasteiger partial charge in [-0.1, -0.05) is 0 Å². The predicted octanol–water partition coefficient (Wildman–Crippen LogP) is -1.33. The van der Waals surface area contributed by atoms with Crippen LogP contribution in [0.25, 0.3) is 0 Å². The molecule has 21 heavy (non-hydrogen) atoms. The lowest BCUT2D eigenvalue weighted by molar-refractivity contribution is -0.143. The molecular weight excluding hydrogens is 302 g/mol. The van der Waals surface area contributed by atoms with E-state index < -0.39 is 29.5 Å². The maximum absolute atomic E-state index is 11.2. The van der Waals surface area contributed by atoms with Crippen molar-refractivity contribution in [3.8, 4) is 0 Å². The van der Waals surface area contributed by atoms with Crippen LogP contribution in [0.5, 0.6) is 0 Å². The van der Waals surface area contributed by atoms with Gasteiger partial charge in [0, 0.05) is 25.9 Å². The molecule has 118 valence electrons. The molecule has 0 spiro atoms. The standard InChI is InChI=1S/C11H17N3O6S/c12-11(9(19)20)4-6(8(17)18)14(5-11)10(21)13-3-1-2-7(15)16/h6H,1-5,12H2,(H,13,21)(H,15,16)(H,17,18)(H,19,20)/t6-,11+/m1/s1. The summed E-state index contributed by atoms with van der Waals surface area (Å²) in [5.41, 5.74) is 4.01. The zero-order valence-corrected chi connectivity index (χ0v) is 11.9. The van der Waals surface area contributed by atoms with Crippen molar-refractivity contribution < 1.29 is 29.7 Å². The van der Waals surface area contributed by atoms with Gasteiger partial charge in [-0.05, 0) is 18.6 Å². The molecule has 1 heterocycles. The van der Waals surface area contributed by atoms with Crippen LogP contribution in [0.3, 0.4) is 0 Å². The average molecular weight is 319 g/mol. The Bertz CT molecular complexity index is 471. The number of carboxylic acid groups (broad SMARTS) is 3. The number of likely N-dealkylation sites (tertiary alicyclic amines) is 1. The first-order valence-corrected chi connectivity index (χ1v) is 6.59. The summed E-state index contributed by atoms with van der Waals surface area (Å²) >= 11 is 5.03. The fourth-order valence-corrected chi connectivity index (χ4v) is 2.35. The zero-order chi connectivity index (χ0) is 16.2. The van der Waals surface area contributed by atoms with E-state index in [9.17, 15) is 14.4 Å². The molecule has 6 N–H and O–H groups in total. The van der Waals surface area contributed by atoms with E-state index in [1.165, 1.54) is 4.90 Å². The first kappa shape index (κ1) is 17.1. The van der Waals surface area contributed by atoms with Crippen molar-refractivity contribution in [1.29, 1.82) is 0 Å². The lowest BCUT2D eigenvalue weighted by Gasteiger charge is -2.25. The molecule has 1 saturated heterocycles. The topological polar surface area (TPSA) is 153 Å². The molecular formula is C11H17N3O6S. The van der Waals surface area contributed by atoms with E-state index in [1.54, 1.807) is 0 Å². The lowest BCUT2D eigenvalue weighted by atomic mass is 9.98. The number of hydrogen-bond acceptors (Lipinski definition) is 5. The molecule has 1 rings (SSSR count). The van der Waals surface area contributed by atoms with Crippen molar-refractivity contribution in [3.63, 3.8) is 0 Å². The molecule has 0 unspecified atom stereocenters. The van der Waals surface area contributed by atoms with Gasteiger partial charge >= 0.3 is 17.9 Å². The largest absolute Gasteiger partial charge is 0.481 e. The Morgan fingerprint density at radius 2 is 1.95 bits per heavy atom. The second-order valence-corrected chi connectivity index (χ2v) is 5.26. The van der Waals surface area contributed by atoms with Crippen LogP contribution in [0.4, 0.5) is 0 Å². The zero-order valence-electron chi connectivity index (χ0n) is 11.1. The van der Waals surface area contributed by atoms with E-state index in [1.807, 2.05) is 0 Å². The third-order valence-electron chi connectivity index (χ3n) is 3.20. The molecule has 0 aromatic rings. The highest BCUT2D eigenvalue weighted by molar-refractivity contribution is 7.80. The minimum atomic E-state index is -1.67. The molecule has 1 fully saturated rings. The summed E-state index contributed by atoms with van der Waals surface area (Å²) in [5.74, 6) is -3.44. The van der Waals surface area contributed by atoms with Crippen molar-refractivity contribution >= 4 is 35.2 Å². The van der Waals surface area contributed by atoms with Gasteiger partial charge in [0.1, 0.15) is 11.6 Å². The van der Waals surface area contributed by atoms with Crippen molar-refractivity contribution in [2.24, 2.45) is 5.73 Å². The van der Waals surface area contributed by atoms with Crippen LogP contribution in [-0.2, 0) is 14.4 Å². The van der Waals surface area contributed by atoms with Crippen molar-refractivity contribution in [2.75, 3.05) is 13.1 Å². The van der Waals surface area contributed by atoms with E-state index in [4.69, 9.17) is 33.3 Å². The summed E-state index contributed by atoms with van der Waals surface area (Å²) in [4.78, 5) is 33.9. The third-order valence-corrected chi connectivity index (χ3v) is 3.58. The number of hydrogen-bond donors (Lipinski definition) is 5. The smallest absolute Gasteiger partial charge is 0.326 e. The number of nitrogens with zero attached hydrogens (tertiary/aromatic N) is 1. The molecule has 1 aliphatic heterocycles. The van der Waals surface area contributed by atoms with E-state index in [-0.39, 0.29) is 31.0 Å². The summed E-state index contributed by atoms with van der Waals surface area (Å²) in [6.07, 6.45) is 0.0102.